The SMILES string of the molecule is CC(C)C[C@@]1(O)C[C@@H](C)[C@H]2[C@@H]1C(=O)[C@@H]1C3C(O)[C@H](O)[C@H]4C[C@H](O)[C@@H](O)[C@@H](O)[C@]4(C)C3CC[C@]21C. The van der Waals surface area contributed by atoms with Crippen molar-refractivity contribution >= 4 is 5.78 Å². The predicted molar refractivity (Wildman–Crippen MR) is 124 cm³/mol. The summed E-state index contributed by atoms with van der Waals surface area (Å²) in [5.41, 5.74) is -2.38. The lowest BCUT2D eigenvalue weighted by Crippen LogP contribution is -2.71. The number of hydrogen-bond donors (Lipinski definition) is 6. The van der Waals surface area contributed by atoms with Crippen LogP contribution in [0.15, 0.2) is 0 Å². The van der Waals surface area contributed by atoms with Crippen LogP contribution in [0.1, 0.15) is 66.7 Å². The second-order valence-electron chi connectivity index (χ2n) is 13.7. The Morgan fingerprint density at radius 1 is 0.971 bits per heavy atom. The summed E-state index contributed by atoms with van der Waals surface area (Å²) < 4.78 is 0. The summed E-state index contributed by atoms with van der Waals surface area (Å²) in [6.07, 6.45) is -3.43. The van der Waals surface area contributed by atoms with Crippen LogP contribution in [0.4, 0.5) is 0 Å². The summed E-state index contributed by atoms with van der Waals surface area (Å²) in [5, 5.41) is 66.5. The molecule has 5 rings (SSSR count). The van der Waals surface area contributed by atoms with E-state index in [0.29, 0.717) is 19.3 Å². The Morgan fingerprint density at radius 3 is 2.24 bits per heavy atom. The first-order valence-corrected chi connectivity index (χ1v) is 13.4. The van der Waals surface area contributed by atoms with Gasteiger partial charge in [-0.25, -0.2) is 0 Å². The molecular weight excluding hydrogens is 436 g/mol. The monoisotopic (exact) mass is 480 g/mol. The summed E-state index contributed by atoms with van der Waals surface area (Å²) in [5.74, 6) is -1.94. The maximum Gasteiger partial charge on any atom is 0.143 e. The molecule has 5 saturated carbocycles. The Hall–Kier alpha value is -0.570. The van der Waals surface area contributed by atoms with Crippen LogP contribution >= 0.6 is 0 Å². The van der Waals surface area contributed by atoms with Gasteiger partial charge in [0.25, 0.3) is 0 Å². The van der Waals surface area contributed by atoms with Crippen molar-refractivity contribution in [3.05, 3.63) is 0 Å². The zero-order valence-corrected chi connectivity index (χ0v) is 21.1. The first-order chi connectivity index (χ1) is 15.7. The zero-order valence-electron chi connectivity index (χ0n) is 21.1. The molecule has 0 saturated heterocycles. The van der Waals surface area contributed by atoms with Gasteiger partial charge in [-0.15, -0.1) is 0 Å². The minimum absolute atomic E-state index is 0.00822. The number of carbonyl (C=O) groups is 1. The highest BCUT2D eigenvalue weighted by Crippen LogP contribution is 2.71. The Morgan fingerprint density at radius 2 is 1.62 bits per heavy atom. The van der Waals surface area contributed by atoms with E-state index in [2.05, 4.69) is 27.7 Å². The molecule has 5 aliphatic carbocycles. The standard InChI is InChI=1S/C27H44O7/c1-11(2)9-27(34)10-12(3)17-19(27)23(32)18-16-13(6-7-25(17,18)4)26(5)14(20(29)22(16)31)8-15(28)21(30)24(26)33/h11-22,24,28-31,33-34H,6-10H2,1-5H3/t12-,13?,14-,15+,16?,17+,18+,19-,20-,21-,22?,24-,25-,26-,27-/m1/s1. The lowest BCUT2D eigenvalue weighted by atomic mass is 9.42. The van der Waals surface area contributed by atoms with Gasteiger partial charge in [-0.05, 0) is 67.1 Å². The van der Waals surface area contributed by atoms with Gasteiger partial charge in [0.2, 0.25) is 0 Å². The second-order valence-corrected chi connectivity index (χ2v) is 13.7. The molecule has 7 nitrogen and oxygen atoms in total. The molecular formula is C27H44O7. The molecule has 0 radical (unpaired) electrons. The fraction of sp³-hybridized carbons (Fsp3) is 0.963. The summed E-state index contributed by atoms with van der Waals surface area (Å²) in [6.45, 7) is 10.2. The molecule has 0 heterocycles. The molecule has 5 fully saturated rings. The molecule has 0 aromatic heterocycles. The largest absolute Gasteiger partial charge is 0.390 e. The van der Waals surface area contributed by atoms with Gasteiger partial charge in [-0.2, -0.15) is 0 Å². The normalized spacial score (nSPS) is 61.1. The van der Waals surface area contributed by atoms with Gasteiger partial charge in [0, 0.05) is 17.3 Å². The van der Waals surface area contributed by atoms with E-state index in [1.807, 2.05) is 6.92 Å². The Balaban J connectivity index is 1.58. The second kappa shape index (κ2) is 7.72. The number of rotatable bonds is 2. The number of fused-ring (bicyclic) bond motifs is 7. The molecule has 0 aliphatic heterocycles. The number of Topliss-reactive ketones (excluding diaryl/α,β-unsaturated/α-hetero) is 1. The van der Waals surface area contributed by atoms with Crippen molar-refractivity contribution in [1.29, 1.82) is 0 Å². The maximum atomic E-state index is 14.2. The molecule has 0 spiro atoms. The number of ketones is 1. The van der Waals surface area contributed by atoms with Crippen LogP contribution in [0.25, 0.3) is 0 Å². The number of carbonyl (C=O) groups excluding carboxylic acids is 1. The number of aliphatic hydroxyl groups excluding tert-OH is 5. The van der Waals surface area contributed by atoms with E-state index in [1.165, 1.54) is 0 Å². The fourth-order valence-corrected chi connectivity index (χ4v) is 10.5. The average Bonchev–Trinajstić information content (AvgIpc) is 3.15. The molecule has 34 heavy (non-hydrogen) atoms. The molecule has 6 N–H and O–H groups in total. The summed E-state index contributed by atoms with van der Waals surface area (Å²) >= 11 is 0. The number of aliphatic hydroxyl groups is 6. The third-order valence-electron chi connectivity index (χ3n) is 11.5. The topological polar surface area (TPSA) is 138 Å². The van der Waals surface area contributed by atoms with Gasteiger partial charge in [0.1, 0.15) is 11.9 Å². The molecule has 0 amide bonds. The van der Waals surface area contributed by atoms with Crippen LogP contribution in [-0.4, -0.2) is 72.5 Å². The molecule has 5 aliphatic rings. The Bertz CT molecular complexity index is 847. The third-order valence-corrected chi connectivity index (χ3v) is 11.5. The van der Waals surface area contributed by atoms with Gasteiger partial charge in [0.05, 0.1) is 35.9 Å². The zero-order chi connectivity index (χ0) is 25.1. The smallest absolute Gasteiger partial charge is 0.143 e. The lowest BCUT2D eigenvalue weighted by molar-refractivity contribution is -0.272. The van der Waals surface area contributed by atoms with E-state index in [9.17, 15) is 35.4 Å². The summed E-state index contributed by atoms with van der Waals surface area (Å²) in [4.78, 5) is 14.2. The van der Waals surface area contributed by atoms with Gasteiger partial charge in [-0.1, -0.05) is 34.6 Å². The van der Waals surface area contributed by atoms with E-state index < -0.39 is 70.6 Å². The summed E-state index contributed by atoms with van der Waals surface area (Å²) in [7, 11) is 0. The van der Waals surface area contributed by atoms with Crippen molar-refractivity contribution in [2.24, 2.45) is 58.2 Å². The molecule has 0 aromatic carbocycles. The van der Waals surface area contributed by atoms with E-state index in [0.717, 1.165) is 6.42 Å². The van der Waals surface area contributed by atoms with Crippen molar-refractivity contribution in [2.75, 3.05) is 0 Å². The van der Waals surface area contributed by atoms with Crippen molar-refractivity contribution in [3.63, 3.8) is 0 Å². The molecule has 15 atom stereocenters. The van der Waals surface area contributed by atoms with E-state index in [4.69, 9.17) is 0 Å². The van der Waals surface area contributed by atoms with Gasteiger partial charge >= 0.3 is 0 Å². The number of hydrogen-bond acceptors (Lipinski definition) is 7. The highest BCUT2D eigenvalue weighted by molar-refractivity contribution is 5.89. The van der Waals surface area contributed by atoms with Crippen molar-refractivity contribution < 1.29 is 35.4 Å². The van der Waals surface area contributed by atoms with Crippen LogP contribution in [0.5, 0.6) is 0 Å². The van der Waals surface area contributed by atoms with Crippen LogP contribution in [0, 0.1) is 58.2 Å². The highest BCUT2D eigenvalue weighted by Gasteiger charge is 2.75. The Kier molecular flexibility index (Phi) is 5.70. The highest BCUT2D eigenvalue weighted by atomic mass is 16.4. The predicted octanol–water partition coefficient (Wildman–Crippen LogP) is 1.11. The van der Waals surface area contributed by atoms with Gasteiger partial charge < -0.3 is 30.6 Å². The van der Waals surface area contributed by atoms with E-state index >= 15 is 0 Å². The fourth-order valence-electron chi connectivity index (χ4n) is 10.5. The van der Waals surface area contributed by atoms with Crippen molar-refractivity contribution in [1.82, 2.24) is 0 Å². The quantitative estimate of drug-likeness (QED) is 0.348. The first kappa shape index (κ1) is 25.1. The third kappa shape index (κ3) is 2.94. The summed E-state index contributed by atoms with van der Waals surface area (Å²) in [6, 6.07) is 0. The van der Waals surface area contributed by atoms with Gasteiger partial charge in [0.15, 0.2) is 0 Å². The first-order valence-electron chi connectivity index (χ1n) is 13.4. The molecule has 3 unspecified atom stereocenters. The minimum Gasteiger partial charge on any atom is -0.390 e. The van der Waals surface area contributed by atoms with Crippen LogP contribution in [0.3, 0.4) is 0 Å². The van der Waals surface area contributed by atoms with Crippen LogP contribution < -0.4 is 0 Å². The molecule has 0 aromatic rings. The van der Waals surface area contributed by atoms with Gasteiger partial charge in [-0.3, -0.25) is 4.79 Å². The molecule has 0 bridgehead atoms. The van der Waals surface area contributed by atoms with Crippen LogP contribution in [0.2, 0.25) is 0 Å². The lowest BCUT2D eigenvalue weighted by Gasteiger charge is -2.64. The average molecular weight is 481 g/mol. The minimum atomic E-state index is -1.33. The van der Waals surface area contributed by atoms with Crippen molar-refractivity contribution in [2.45, 2.75) is 103 Å². The van der Waals surface area contributed by atoms with E-state index in [-0.39, 0.29) is 35.9 Å². The molecule has 194 valence electrons. The van der Waals surface area contributed by atoms with Crippen molar-refractivity contribution in [3.8, 4) is 0 Å². The molecule has 7 heteroatoms. The Labute approximate surface area is 202 Å². The van der Waals surface area contributed by atoms with Crippen LogP contribution in [-0.2, 0) is 4.79 Å². The van der Waals surface area contributed by atoms with E-state index in [1.54, 1.807) is 0 Å². The maximum absolute atomic E-state index is 14.2.